The maximum absolute atomic E-state index is 12.4. The Morgan fingerprint density at radius 3 is 2.62 bits per heavy atom. The van der Waals surface area contributed by atoms with Crippen molar-refractivity contribution in [1.82, 2.24) is 15.1 Å². The van der Waals surface area contributed by atoms with Crippen molar-refractivity contribution in [2.75, 3.05) is 0 Å². The second kappa shape index (κ2) is 7.43. The maximum Gasteiger partial charge on any atom is 0.287 e. The van der Waals surface area contributed by atoms with E-state index in [1.54, 1.807) is 10.7 Å². The van der Waals surface area contributed by atoms with Gasteiger partial charge in [0.1, 0.15) is 5.76 Å². The number of carbonyl (C=O) groups excluding carboxylic acids is 1. The van der Waals surface area contributed by atoms with E-state index in [0.29, 0.717) is 23.1 Å². The van der Waals surface area contributed by atoms with E-state index in [9.17, 15) is 4.79 Å². The first kappa shape index (κ1) is 17.1. The van der Waals surface area contributed by atoms with Crippen molar-refractivity contribution < 1.29 is 9.21 Å². The first-order valence-corrected chi connectivity index (χ1v) is 9.01. The van der Waals surface area contributed by atoms with E-state index in [2.05, 4.69) is 10.4 Å². The Bertz CT molecular complexity index is 712. The number of furan rings is 1. The van der Waals surface area contributed by atoms with Crippen molar-refractivity contribution in [2.24, 2.45) is 0 Å². The molecule has 2 aromatic heterocycles. The summed E-state index contributed by atoms with van der Waals surface area (Å²) in [6.45, 7) is 4.26. The summed E-state index contributed by atoms with van der Waals surface area (Å²) in [6.07, 6.45) is 7.03. The third-order valence-electron chi connectivity index (χ3n) is 4.67. The van der Waals surface area contributed by atoms with E-state index < -0.39 is 0 Å². The van der Waals surface area contributed by atoms with Crippen LogP contribution in [0.25, 0.3) is 0 Å². The van der Waals surface area contributed by atoms with Gasteiger partial charge in [0.2, 0.25) is 0 Å². The molecule has 1 aliphatic rings. The molecule has 0 saturated heterocycles. The lowest BCUT2D eigenvalue weighted by molar-refractivity contribution is 0.0903. The third-order valence-corrected chi connectivity index (χ3v) is 5.22. The molecule has 1 N–H and O–H groups in total. The fraction of sp³-hybridized carbons (Fsp3) is 0.556. The minimum Gasteiger partial charge on any atom is -0.454 e. The SMILES string of the molecule is Cc1nn(Cc2ccc(C(=O)NC3CCCCCC3)o2)c(C)c1Cl. The van der Waals surface area contributed by atoms with Crippen LogP contribution in [0, 0.1) is 13.8 Å². The molecule has 1 amide bonds. The van der Waals surface area contributed by atoms with Crippen LogP contribution in [0.4, 0.5) is 0 Å². The molecule has 0 aromatic carbocycles. The van der Waals surface area contributed by atoms with Crippen molar-refractivity contribution in [3.63, 3.8) is 0 Å². The number of amides is 1. The Morgan fingerprint density at radius 1 is 1.29 bits per heavy atom. The van der Waals surface area contributed by atoms with E-state index >= 15 is 0 Å². The molecular formula is C18H24ClN3O2. The van der Waals surface area contributed by atoms with E-state index in [1.807, 2.05) is 19.9 Å². The number of hydrogen-bond donors (Lipinski definition) is 1. The molecule has 0 radical (unpaired) electrons. The molecule has 0 aliphatic heterocycles. The third kappa shape index (κ3) is 3.83. The second-order valence-electron chi connectivity index (χ2n) is 6.57. The number of rotatable bonds is 4. The van der Waals surface area contributed by atoms with E-state index in [1.165, 1.54) is 25.7 Å². The van der Waals surface area contributed by atoms with E-state index in [4.69, 9.17) is 16.0 Å². The molecule has 0 atom stereocenters. The van der Waals surface area contributed by atoms with Crippen molar-refractivity contribution in [1.29, 1.82) is 0 Å². The molecule has 6 heteroatoms. The number of nitrogens with zero attached hydrogens (tertiary/aromatic N) is 2. The van der Waals surface area contributed by atoms with Gasteiger partial charge in [0.25, 0.3) is 5.91 Å². The normalized spacial score (nSPS) is 16.1. The standard InChI is InChI=1S/C18H24ClN3O2/c1-12-17(19)13(2)22(21-12)11-15-9-10-16(24-15)18(23)20-14-7-5-3-4-6-8-14/h9-10,14H,3-8,11H2,1-2H3,(H,20,23). The zero-order valence-corrected chi connectivity index (χ0v) is 15.0. The summed E-state index contributed by atoms with van der Waals surface area (Å²) in [4.78, 5) is 12.4. The molecule has 0 unspecified atom stereocenters. The van der Waals surface area contributed by atoms with Crippen LogP contribution in [0.2, 0.25) is 5.02 Å². The first-order valence-electron chi connectivity index (χ1n) is 8.63. The van der Waals surface area contributed by atoms with Gasteiger partial charge in [0.05, 0.1) is 23.0 Å². The van der Waals surface area contributed by atoms with Gasteiger partial charge in [0, 0.05) is 6.04 Å². The summed E-state index contributed by atoms with van der Waals surface area (Å²) >= 11 is 6.16. The van der Waals surface area contributed by atoms with Crippen molar-refractivity contribution in [2.45, 2.75) is 65.0 Å². The van der Waals surface area contributed by atoms with Gasteiger partial charge in [-0.05, 0) is 38.8 Å². The molecule has 5 nitrogen and oxygen atoms in total. The smallest absolute Gasteiger partial charge is 0.287 e. The summed E-state index contributed by atoms with van der Waals surface area (Å²) in [5.41, 5.74) is 1.70. The van der Waals surface area contributed by atoms with Crippen LogP contribution in [-0.2, 0) is 6.54 Å². The van der Waals surface area contributed by atoms with Crippen molar-refractivity contribution >= 4 is 17.5 Å². The maximum atomic E-state index is 12.4. The van der Waals surface area contributed by atoms with E-state index in [0.717, 1.165) is 24.2 Å². The molecule has 1 saturated carbocycles. The molecule has 1 aliphatic carbocycles. The molecule has 2 heterocycles. The van der Waals surface area contributed by atoms with Crippen LogP contribution in [-0.4, -0.2) is 21.7 Å². The Labute approximate surface area is 147 Å². The molecule has 0 spiro atoms. The highest BCUT2D eigenvalue weighted by molar-refractivity contribution is 6.31. The highest BCUT2D eigenvalue weighted by Gasteiger charge is 2.18. The number of nitrogens with one attached hydrogen (secondary N) is 1. The van der Waals surface area contributed by atoms with Crippen LogP contribution in [0.3, 0.4) is 0 Å². The van der Waals surface area contributed by atoms with E-state index in [-0.39, 0.29) is 11.9 Å². The van der Waals surface area contributed by atoms with Crippen LogP contribution < -0.4 is 5.32 Å². The fourth-order valence-electron chi connectivity index (χ4n) is 3.24. The Hall–Kier alpha value is -1.75. The Balaban J connectivity index is 1.64. The van der Waals surface area contributed by atoms with Crippen LogP contribution >= 0.6 is 11.6 Å². The minimum absolute atomic E-state index is 0.125. The predicted octanol–water partition coefficient (Wildman–Crippen LogP) is 4.25. The average Bonchev–Trinajstić information content (AvgIpc) is 3.00. The van der Waals surface area contributed by atoms with Gasteiger partial charge in [-0.15, -0.1) is 0 Å². The molecular weight excluding hydrogens is 326 g/mol. The lowest BCUT2D eigenvalue weighted by Crippen LogP contribution is -2.34. The molecule has 2 aromatic rings. The Kier molecular flexibility index (Phi) is 5.29. The quantitative estimate of drug-likeness (QED) is 0.839. The summed E-state index contributed by atoms with van der Waals surface area (Å²) in [5, 5.41) is 8.16. The van der Waals surface area contributed by atoms with Crippen LogP contribution in [0.1, 0.15) is 66.2 Å². The monoisotopic (exact) mass is 349 g/mol. The summed E-state index contributed by atoms with van der Waals surface area (Å²) < 4.78 is 7.51. The van der Waals surface area contributed by atoms with Gasteiger partial charge in [-0.1, -0.05) is 37.3 Å². The topological polar surface area (TPSA) is 60.1 Å². The van der Waals surface area contributed by atoms with Crippen LogP contribution in [0.5, 0.6) is 0 Å². The second-order valence-corrected chi connectivity index (χ2v) is 6.95. The van der Waals surface area contributed by atoms with Gasteiger partial charge in [0.15, 0.2) is 5.76 Å². The number of aromatic nitrogens is 2. The van der Waals surface area contributed by atoms with Gasteiger partial charge in [-0.2, -0.15) is 5.10 Å². The number of halogens is 1. The van der Waals surface area contributed by atoms with Crippen molar-refractivity contribution in [3.05, 3.63) is 40.1 Å². The number of hydrogen-bond acceptors (Lipinski definition) is 3. The van der Waals surface area contributed by atoms with Gasteiger partial charge < -0.3 is 9.73 Å². The highest BCUT2D eigenvalue weighted by Crippen LogP contribution is 2.21. The van der Waals surface area contributed by atoms with Gasteiger partial charge >= 0.3 is 0 Å². The fourth-order valence-corrected chi connectivity index (χ4v) is 3.38. The lowest BCUT2D eigenvalue weighted by Gasteiger charge is -2.15. The van der Waals surface area contributed by atoms with Crippen molar-refractivity contribution in [3.8, 4) is 0 Å². The Morgan fingerprint density at radius 2 is 2.00 bits per heavy atom. The lowest BCUT2D eigenvalue weighted by atomic mass is 10.1. The highest BCUT2D eigenvalue weighted by atomic mass is 35.5. The average molecular weight is 350 g/mol. The van der Waals surface area contributed by atoms with Crippen LogP contribution in [0.15, 0.2) is 16.5 Å². The largest absolute Gasteiger partial charge is 0.454 e. The van der Waals surface area contributed by atoms with Gasteiger partial charge in [-0.25, -0.2) is 0 Å². The minimum atomic E-state index is -0.125. The number of carbonyl (C=O) groups is 1. The first-order chi connectivity index (χ1) is 11.5. The predicted molar refractivity (Wildman–Crippen MR) is 93.5 cm³/mol. The molecule has 24 heavy (non-hydrogen) atoms. The summed E-state index contributed by atoms with van der Waals surface area (Å²) in [7, 11) is 0. The summed E-state index contributed by atoms with van der Waals surface area (Å²) in [5.74, 6) is 0.935. The van der Waals surface area contributed by atoms with Gasteiger partial charge in [-0.3, -0.25) is 9.48 Å². The zero-order chi connectivity index (χ0) is 17.1. The number of aryl methyl sites for hydroxylation is 1. The molecule has 1 fully saturated rings. The molecule has 130 valence electrons. The molecule has 0 bridgehead atoms. The molecule has 3 rings (SSSR count). The zero-order valence-electron chi connectivity index (χ0n) is 14.3. The summed E-state index contributed by atoms with van der Waals surface area (Å²) in [6, 6.07) is 3.82.